The lowest BCUT2D eigenvalue weighted by Crippen LogP contribution is -2.49. The molecule has 9 nitrogen and oxygen atoms in total. The van der Waals surface area contributed by atoms with Crippen LogP contribution in [0.25, 0.3) is 0 Å². The monoisotopic (exact) mass is 262 g/mol. The predicted molar refractivity (Wildman–Crippen MR) is 48.6 cm³/mol. The van der Waals surface area contributed by atoms with Crippen molar-refractivity contribution in [2.24, 2.45) is 0 Å². The van der Waals surface area contributed by atoms with E-state index in [4.69, 9.17) is 25.0 Å². The topological polar surface area (TPSA) is 165 Å². The van der Waals surface area contributed by atoms with Crippen LogP contribution in [0.4, 0.5) is 0 Å². The zero-order valence-electron chi connectivity index (χ0n) is 8.04. The predicted octanol–water partition coefficient (Wildman–Crippen LogP) is -3.76. The van der Waals surface area contributed by atoms with Crippen molar-refractivity contribution in [3.05, 3.63) is 0 Å². The fourth-order valence-electron chi connectivity index (χ4n) is 0.920. The van der Waals surface area contributed by atoms with Gasteiger partial charge in [-0.3, -0.25) is 4.55 Å². The van der Waals surface area contributed by atoms with Crippen LogP contribution in [-0.4, -0.2) is 76.1 Å². The quantitative estimate of drug-likeness (QED) is 0.253. The molecule has 0 unspecified atom stereocenters. The Bertz CT molecular complexity index is 288. The lowest BCUT2D eigenvalue weighted by atomic mass is 10.0. The van der Waals surface area contributed by atoms with Crippen LogP contribution < -0.4 is 0 Å². The lowest BCUT2D eigenvalue weighted by molar-refractivity contribution is -0.113. The summed E-state index contributed by atoms with van der Waals surface area (Å²) in [4.78, 5) is 0. The van der Waals surface area contributed by atoms with E-state index in [1.165, 1.54) is 0 Å². The highest BCUT2D eigenvalue weighted by atomic mass is 32.3. The zero-order valence-corrected chi connectivity index (χ0v) is 8.86. The SMILES string of the molecule is O=S(=O)(O)O[C@@H]([C@H](O)[C@H](O)CO)[C@H](O)CO. The fraction of sp³-hybridized carbons (Fsp3) is 1.00. The highest BCUT2D eigenvalue weighted by molar-refractivity contribution is 7.80. The van der Waals surface area contributed by atoms with Gasteiger partial charge in [0.1, 0.15) is 24.4 Å². The Morgan fingerprint density at radius 2 is 1.44 bits per heavy atom. The second kappa shape index (κ2) is 6.42. The van der Waals surface area contributed by atoms with Crippen molar-refractivity contribution < 1.29 is 42.7 Å². The molecule has 0 rings (SSSR count). The van der Waals surface area contributed by atoms with E-state index in [9.17, 15) is 13.5 Å². The minimum absolute atomic E-state index is 0.926. The first-order valence-corrected chi connectivity index (χ1v) is 5.51. The van der Waals surface area contributed by atoms with Gasteiger partial charge in [0.15, 0.2) is 0 Å². The Kier molecular flexibility index (Phi) is 6.28. The van der Waals surface area contributed by atoms with Crippen molar-refractivity contribution in [1.82, 2.24) is 0 Å². The van der Waals surface area contributed by atoms with Gasteiger partial charge < -0.3 is 25.5 Å². The maximum atomic E-state index is 10.4. The first-order chi connectivity index (χ1) is 7.22. The number of hydrogen-bond donors (Lipinski definition) is 6. The van der Waals surface area contributed by atoms with Gasteiger partial charge in [0.05, 0.1) is 13.2 Å². The van der Waals surface area contributed by atoms with E-state index < -0.39 is 48.0 Å². The molecule has 0 aliphatic heterocycles. The Balaban J connectivity index is 4.80. The van der Waals surface area contributed by atoms with Crippen LogP contribution in [0.5, 0.6) is 0 Å². The first kappa shape index (κ1) is 15.7. The third-order valence-electron chi connectivity index (χ3n) is 1.72. The van der Waals surface area contributed by atoms with E-state index in [0.29, 0.717) is 0 Å². The molecule has 0 aromatic heterocycles. The lowest BCUT2D eigenvalue weighted by Gasteiger charge is -2.27. The molecule has 0 bridgehead atoms. The summed E-state index contributed by atoms with van der Waals surface area (Å²) in [5.41, 5.74) is 0. The van der Waals surface area contributed by atoms with Crippen molar-refractivity contribution in [3.63, 3.8) is 0 Å². The smallest absolute Gasteiger partial charge is 0.394 e. The summed E-state index contributed by atoms with van der Waals surface area (Å²) in [6.07, 6.45) is -7.66. The zero-order chi connectivity index (χ0) is 12.9. The number of aliphatic hydroxyl groups is 5. The molecule has 16 heavy (non-hydrogen) atoms. The molecule has 0 amide bonds. The van der Waals surface area contributed by atoms with Gasteiger partial charge in [-0.15, -0.1) is 0 Å². The molecule has 0 spiro atoms. The molecule has 98 valence electrons. The minimum atomic E-state index is -4.99. The largest absolute Gasteiger partial charge is 0.397 e. The summed E-state index contributed by atoms with van der Waals surface area (Å²) in [6.45, 7) is -1.90. The first-order valence-electron chi connectivity index (χ1n) is 4.14. The van der Waals surface area contributed by atoms with Gasteiger partial charge in [0.2, 0.25) is 0 Å². The summed E-state index contributed by atoms with van der Waals surface area (Å²) in [5.74, 6) is 0. The molecule has 0 saturated carbocycles. The van der Waals surface area contributed by atoms with Crippen molar-refractivity contribution in [2.75, 3.05) is 13.2 Å². The average Bonchev–Trinajstić information content (AvgIpc) is 2.21. The molecule has 6 N–H and O–H groups in total. The van der Waals surface area contributed by atoms with Crippen molar-refractivity contribution in [2.45, 2.75) is 24.4 Å². The summed E-state index contributed by atoms with van der Waals surface area (Å²) in [5, 5.41) is 44.4. The highest BCUT2D eigenvalue weighted by Crippen LogP contribution is 2.11. The maximum Gasteiger partial charge on any atom is 0.397 e. The molecule has 0 aromatic carbocycles. The van der Waals surface area contributed by atoms with Crippen LogP contribution in [0.2, 0.25) is 0 Å². The van der Waals surface area contributed by atoms with Crippen molar-refractivity contribution in [3.8, 4) is 0 Å². The summed E-state index contributed by atoms with van der Waals surface area (Å²) in [6, 6.07) is 0. The Morgan fingerprint density at radius 3 is 1.75 bits per heavy atom. The van der Waals surface area contributed by atoms with Gasteiger partial charge in [-0.1, -0.05) is 0 Å². The summed E-state index contributed by atoms with van der Waals surface area (Å²) >= 11 is 0. The van der Waals surface area contributed by atoms with Crippen LogP contribution in [0.3, 0.4) is 0 Å². The van der Waals surface area contributed by atoms with Crippen LogP contribution in [0.1, 0.15) is 0 Å². The normalized spacial score (nSPS) is 20.1. The van der Waals surface area contributed by atoms with Crippen molar-refractivity contribution >= 4 is 10.4 Å². The summed E-state index contributed by atoms with van der Waals surface area (Å²) in [7, 11) is -4.99. The molecule has 10 heteroatoms. The molecule has 0 aliphatic rings. The molecule has 4 atom stereocenters. The minimum Gasteiger partial charge on any atom is -0.394 e. The Morgan fingerprint density at radius 1 is 1.00 bits per heavy atom. The summed E-state index contributed by atoms with van der Waals surface area (Å²) < 4.78 is 32.9. The molecule has 0 saturated heterocycles. The van der Waals surface area contributed by atoms with Crippen LogP contribution in [0, 0.1) is 0 Å². The van der Waals surface area contributed by atoms with Gasteiger partial charge in [0, 0.05) is 0 Å². The van der Waals surface area contributed by atoms with Crippen LogP contribution in [-0.2, 0) is 14.6 Å². The number of hydrogen-bond acceptors (Lipinski definition) is 8. The van der Waals surface area contributed by atoms with E-state index in [1.807, 2.05) is 0 Å². The van der Waals surface area contributed by atoms with Gasteiger partial charge in [-0.05, 0) is 0 Å². The van der Waals surface area contributed by atoms with Gasteiger partial charge in [0.25, 0.3) is 0 Å². The molecule has 0 heterocycles. The van der Waals surface area contributed by atoms with Crippen molar-refractivity contribution in [1.29, 1.82) is 0 Å². The Labute approximate surface area is 91.5 Å². The molecule has 0 radical (unpaired) electrons. The second-order valence-corrected chi connectivity index (χ2v) is 4.03. The fourth-order valence-corrected chi connectivity index (χ4v) is 1.44. The molecule has 0 aromatic rings. The molecule has 0 fully saturated rings. The Hall–Kier alpha value is -0.330. The third-order valence-corrected chi connectivity index (χ3v) is 2.18. The standard InChI is InChI=1S/C6H14O9S/c7-1-3(9)5(11)6(4(10)2-8)15-16(12,13)14/h3-11H,1-2H2,(H,12,13,14)/t3-,4-,5-,6-/m1/s1. The van der Waals surface area contributed by atoms with Crippen LogP contribution in [0.15, 0.2) is 0 Å². The van der Waals surface area contributed by atoms with Crippen LogP contribution >= 0.6 is 0 Å². The second-order valence-electron chi connectivity index (χ2n) is 2.98. The van der Waals surface area contributed by atoms with E-state index in [-0.39, 0.29) is 0 Å². The highest BCUT2D eigenvalue weighted by Gasteiger charge is 2.35. The van der Waals surface area contributed by atoms with E-state index in [0.717, 1.165) is 0 Å². The van der Waals surface area contributed by atoms with Gasteiger partial charge in [-0.2, -0.15) is 8.42 Å². The van der Waals surface area contributed by atoms with E-state index in [2.05, 4.69) is 4.18 Å². The van der Waals surface area contributed by atoms with E-state index in [1.54, 1.807) is 0 Å². The molecular weight excluding hydrogens is 248 g/mol. The number of aliphatic hydroxyl groups excluding tert-OH is 5. The average molecular weight is 262 g/mol. The van der Waals surface area contributed by atoms with E-state index >= 15 is 0 Å². The third kappa shape index (κ3) is 5.14. The molecule has 0 aliphatic carbocycles. The number of rotatable bonds is 7. The van der Waals surface area contributed by atoms with Gasteiger partial charge in [-0.25, -0.2) is 4.18 Å². The van der Waals surface area contributed by atoms with Gasteiger partial charge >= 0.3 is 10.4 Å². The maximum absolute atomic E-state index is 10.4. The molecular formula is C6H14O9S.